The molecule has 2 rings (SSSR count). The normalized spacial score (nSPS) is 18.7. The molecule has 1 heterocycles. The highest BCUT2D eigenvalue weighted by Gasteiger charge is 2.17. The molecule has 0 radical (unpaired) electrons. The van der Waals surface area contributed by atoms with Crippen LogP contribution in [-0.2, 0) is 4.79 Å². The number of nitrogens with one attached hydrogen (secondary N) is 1. The number of hydrogen-bond donors (Lipinski definition) is 1. The van der Waals surface area contributed by atoms with Crippen LogP contribution in [0.2, 0.25) is 10.0 Å². The summed E-state index contributed by atoms with van der Waals surface area (Å²) in [7, 11) is 0. The summed E-state index contributed by atoms with van der Waals surface area (Å²) in [5.41, 5.74) is 0. The summed E-state index contributed by atoms with van der Waals surface area (Å²) in [4.78, 5) is 14.3. The predicted molar refractivity (Wildman–Crippen MR) is 94.5 cm³/mol. The van der Waals surface area contributed by atoms with Crippen LogP contribution in [0.15, 0.2) is 18.2 Å². The van der Waals surface area contributed by atoms with Gasteiger partial charge in [-0.2, -0.15) is 0 Å². The molecule has 4 nitrogen and oxygen atoms in total. The third-order valence-corrected chi connectivity index (χ3v) is 4.67. The zero-order chi connectivity index (χ0) is 16.7. The van der Waals surface area contributed by atoms with Crippen LogP contribution in [0.1, 0.15) is 32.6 Å². The molecule has 1 amide bonds. The number of halogens is 2. The van der Waals surface area contributed by atoms with Crippen molar-refractivity contribution in [3.8, 4) is 5.75 Å². The van der Waals surface area contributed by atoms with E-state index in [0.717, 1.165) is 13.0 Å². The quantitative estimate of drug-likeness (QED) is 0.754. The summed E-state index contributed by atoms with van der Waals surface area (Å²) < 4.78 is 5.40. The van der Waals surface area contributed by atoms with Gasteiger partial charge in [0.25, 0.3) is 5.91 Å². The fourth-order valence-electron chi connectivity index (χ4n) is 2.79. The number of ether oxygens (including phenoxy) is 1. The van der Waals surface area contributed by atoms with Crippen molar-refractivity contribution in [2.24, 2.45) is 0 Å². The Bertz CT molecular complexity index is 525. The topological polar surface area (TPSA) is 41.6 Å². The summed E-state index contributed by atoms with van der Waals surface area (Å²) in [6, 6.07) is 5.60. The Hall–Kier alpha value is -0.970. The molecule has 1 aromatic carbocycles. The number of carbonyl (C=O) groups excluding carboxylic acids is 1. The van der Waals surface area contributed by atoms with Gasteiger partial charge in [0.15, 0.2) is 6.61 Å². The van der Waals surface area contributed by atoms with Crippen molar-refractivity contribution in [2.45, 2.75) is 38.6 Å². The van der Waals surface area contributed by atoms with E-state index >= 15 is 0 Å². The van der Waals surface area contributed by atoms with Crippen LogP contribution < -0.4 is 10.1 Å². The molecular formula is C17H24Cl2N2O2. The van der Waals surface area contributed by atoms with Gasteiger partial charge >= 0.3 is 0 Å². The van der Waals surface area contributed by atoms with E-state index in [1.54, 1.807) is 18.2 Å². The van der Waals surface area contributed by atoms with Gasteiger partial charge in [-0.05, 0) is 50.9 Å². The molecule has 1 aliphatic rings. The fourth-order valence-corrected chi connectivity index (χ4v) is 3.25. The predicted octanol–water partition coefficient (Wildman–Crippen LogP) is 3.75. The second-order valence-corrected chi connectivity index (χ2v) is 6.79. The van der Waals surface area contributed by atoms with Crippen molar-refractivity contribution in [2.75, 3.05) is 26.2 Å². The largest absolute Gasteiger partial charge is 0.482 e. The van der Waals surface area contributed by atoms with Crippen LogP contribution in [0, 0.1) is 0 Å². The fraction of sp³-hybridized carbons (Fsp3) is 0.588. The number of nitrogens with zero attached hydrogens (tertiary/aromatic N) is 1. The van der Waals surface area contributed by atoms with Crippen LogP contribution in [-0.4, -0.2) is 43.1 Å². The lowest BCUT2D eigenvalue weighted by molar-refractivity contribution is -0.123. The monoisotopic (exact) mass is 358 g/mol. The first-order chi connectivity index (χ1) is 11.1. The first-order valence-electron chi connectivity index (χ1n) is 8.15. The van der Waals surface area contributed by atoms with E-state index in [0.29, 0.717) is 28.4 Å². The minimum atomic E-state index is -0.136. The standard InChI is InChI=1S/C17H24Cl2N2O2/c1-13-5-2-3-9-21(13)10-4-8-20-17(22)12-23-16-7-6-14(18)11-15(16)19/h6-7,11,13H,2-5,8-10,12H2,1H3,(H,20,22)/t13-/m1/s1. The molecule has 0 bridgehead atoms. The van der Waals surface area contributed by atoms with Gasteiger partial charge in [0.2, 0.25) is 0 Å². The molecule has 1 aliphatic heterocycles. The average Bonchev–Trinajstić information content (AvgIpc) is 2.52. The van der Waals surface area contributed by atoms with Crippen molar-refractivity contribution in [3.05, 3.63) is 28.2 Å². The van der Waals surface area contributed by atoms with Crippen molar-refractivity contribution in [3.63, 3.8) is 0 Å². The number of hydrogen-bond acceptors (Lipinski definition) is 3. The van der Waals surface area contributed by atoms with Gasteiger partial charge in [-0.15, -0.1) is 0 Å². The summed E-state index contributed by atoms with van der Waals surface area (Å²) >= 11 is 11.8. The molecule has 1 N–H and O–H groups in total. The first-order valence-corrected chi connectivity index (χ1v) is 8.90. The second-order valence-electron chi connectivity index (χ2n) is 5.95. The maximum Gasteiger partial charge on any atom is 0.257 e. The lowest BCUT2D eigenvalue weighted by Crippen LogP contribution is -2.39. The average molecular weight is 359 g/mol. The molecule has 128 valence electrons. The Morgan fingerprint density at radius 1 is 1.39 bits per heavy atom. The summed E-state index contributed by atoms with van der Waals surface area (Å²) in [6.07, 6.45) is 4.85. The SMILES string of the molecule is C[C@@H]1CCCCN1CCCNC(=O)COc1ccc(Cl)cc1Cl. The molecule has 0 spiro atoms. The zero-order valence-electron chi connectivity index (χ0n) is 13.5. The van der Waals surface area contributed by atoms with E-state index in [1.165, 1.54) is 25.8 Å². The third-order valence-electron chi connectivity index (χ3n) is 4.14. The molecule has 1 aromatic rings. The second kappa shape index (κ2) is 9.36. The number of benzene rings is 1. The van der Waals surface area contributed by atoms with Crippen LogP contribution in [0.25, 0.3) is 0 Å². The summed E-state index contributed by atoms with van der Waals surface area (Å²) in [5.74, 6) is 0.330. The van der Waals surface area contributed by atoms with E-state index in [1.807, 2.05) is 0 Å². The van der Waals surface area contributed by atoms with Crippen LogP contribution in [0.5, 0.6) is 5.75 Å². The molecule has 23 heavy (non-hydrogen) atoms. The molecule has 0 saturated carbocycles. The number of likely N-dealkylation sites (tertiary alicyclic amines) is 1. The van der Waals surface area contributed by atoms with E-state index < -0.39 is 0 Å². The molecule has 0 aromatic heterocycles. The Labute approximate surface area is 148 Å². The zero-order valence-corrected chi connectivity index (χ0v) is 15.0. The maximum atomic E-state index is 11.8. The number of rotatable bonds is 7. The van der Waals surface area contributed by atoms with Crippen molar-refractivity contribution < 1.29 is 9.53 Å². The highest BCUT2D eigenvalue weighted by atomic mass is 35.5. The smallest absolute Gasteiger partial charge is 0.257 e. The molecule has 1 saturated heterocycles. The van der Waals surface area contributed by atoms with Crippen LogP contribution in [0.4, 0.5) is 0 Å². The van der Waals surface area contributed by atoms with E-state index in [4.69, 9.17) is 27.9 Å². The van der Waals surface area contributed by atoms with Gasteiger partial charge < -0.3 is 15.0 Å². The minimum Gasteiger partial charge on any atom is -0.482 e. The molecular weight excluding hydrogens is 335 g/mol. The van der Waals surface area contributed by atoms with Crippen LogP contribution >= 0.6 is 23.2 Å². The van der Waals surface area contributed by atoms with Gasteiger partial charge in [0.05, 0.1) is 5.02 Å². The van der Waals surface area contributed by atoms with E-state index in [-0.39, 0.29) is 12.5 Å². The third kappa shape index (κ3) is 6.21. The van der Waals surface area contributed by atoms with Gasteiger partial charge in [-0.3, -0.25) is 4.79 Å². The lowest BCUT2D eigenvalue weighted by Gasteiger charge is -2.33. The summed E-state index contributed by atoms with van der Waals surface area (Å²) in [6.45, 7) is 5.11. The van der Waals surface area contributed by atoms with E-state index in [9.17, 15) is 4.79 Å². The summed E-state index contributed by atoms with van der Waals surface area (Å²) in [5, 5.41) is 3.83. The number of piperidine rings is 1. The van der Waals surface area contributed by atoms with Gasteiger partial charge in [0.1, 0.15) is 5.75 Å². The van der Waals surface area contributed by atoms with Crippen LogP contribution in [0.3, 0.4) is 0 Å². The van der Waals surface area contributed by atoms with Crippen molar-refractivity contribution in [1.29, 1.82) is 0 Å². The highest BCUT2D eigenvalue weighted by molar-refractivity contribution is 6.35. The Balaban J connectivity index is 1.61. The Morgan fingerprint density at radius 2 is 2.22 bits per heavy atom. The van der Waals surface area contributed by atoms with Gasteiger partial charge in [-0.1, -0.05) is 29.6 Å². The molecule has 6 heteroatoms. The number of carbonyl (C=O) groups is 1. The molecule has 1 atom stereocenters. The van der Waals surface area contributed by atoms with Crippen molar-refractivity contribution in [1.82, 2.24) is 10.2 Å². The maximum absolute atomic E-state index is 11.8. The Kier molecular flexibility index (Phi) is 7.47. The van der Waals surface area contributed by atoms with Gasteiger partial charge in [0, 0.05) is 24.2 Å². The lowest BCUT2D eigenvalue weighted by atomic mass is 10.0. The molecule has 1 fully saturated rings. The van der Waals surface area contributed by atoms with E-state index in [2.05, 4.69) is 17.1 Å². The van der Waals surface area contributed by atoms with Gasteiger partial charge in [-0.25, -0.2) is 0 Å². The Morgan fingerprint density at radius 3 is 2.96 bits per heavy atom. The van der Waals surface area contributed by atoms with Crippen molar-refractivity contribution >= 4 is 29.1 Å². The molecule has 0 unspecified atom stereocenters. The number of amides is 1. The molecule has 0 aliphatic carbocycles. The minimum absolute atomic E-state index is 0.0402. The first kappa shape index (κ1) is 18.4. The highest BCUT2D eigenvalue weighted by Crippen LogP contribution is 2.27.